The van der Waals surface area contributed by atoms with Gasteiger partial charge >= 0.3 is 0 Å². The van der Waals surface area contributed by atoms with Crippen molar-refractivity contribution in [2.45, 2.75) is 12.6 Å². The van der Waals surface area contributed by atoms with Gasteiger partial charge in [-0.05, 0) is 0 Å². The minimum absolute atomic E-state index is 0.313. The average Bonchev–Trinajstić information content (AvgIpc) is 1.77. The van der Waals surface area contributed by atoms with Crippen molar-refractivity contribution in [2.75, 3.05) is 13.6 Å². The number of rotatable bonds is 0. The van der Waals surface area contributed by atoms with E-state index in [1.54, 1.807) is 11.2 Å². The van der Waals surface area contributed by atoms with Gasteiger partial charge in [-0.3, -0.25) is 4.99 Å². The highest BCUT2D eigenvalue weighted by Gasteiger charge is 2.09. The van der Waals surface area contributed by atoms with Gasteiger partial charge in [-0.1, -0.05) is 0 Å². The number of hydrogen-bond donors (Lipinski definition) is 1. The van der Waals surface area contributed by atoms with Gasteiger partial charge in [-0.25, -0.2) is 0 Å². The molecule has 0 aromatic heterocycles. The quantitative estimate of drug-likeness (QED) is 0.468. The van der Waals surface area contributed by atoms with Crippen molar-refractivity contribution < 1.29 is 5.11 Å². The number of aliphatic imine (C=N–C) groups is 1. The SMILES string of the molecule is CN1C=NCCC1O. The molecule has 0 radical (unpaired) electrons. The maximum absolute atomic E-state index is 9.01. The lowest BCUT2D eigenvalue weighted by Gasteiger charge is -2.23. The van der Waals surface area contributed by atoms with Gasteiger partial charge in [0, 0.05) is 20.0 Å². The van der Waals surface area contributed by atoms with Crippen molar-refractivity contribution in [1.29, 1.82) is 0 Å². The molecule has 0 fully saturated rings. The van der Waals surface area contributed by atoms with E-state index in [1.165, 1.54) is 0 Å². The first kappa shape index (κ1) is 5.56. The van der Waals surface area contributed by atoms with Gasteiger partial charge < -0.3 is 10.0 Å². The molecule has 0 spiro atoms. The predicted molar refractivity (Wildman–Crippen MR) is 31.7 cm³/mol. The Morgan fingerprint density at radius 1 is 1.88 bits per heavy atom. The minimum Gasteiger partial charge on any atom is -0.374 e. The molecule has 0 bridgehead atoms. The van der Waals surface area contributed by atoms with Crippen LogP contribution in [-0.4, -0.2) is 36.2 Å². The van der Waals surface area contributed by atoms with Gasteiger partial charge in [-0.15, -0.1) is 0 Å². The highest BCUT2D eigenvalue weighted by Crippen LogP contribution is 1.99. The maximum atomic E-state index is 9.01. The Labute approximate surface area is 48.6 Å². The Hall–Kier alpha value is -0.570. The first-order valence-electron chi connectivity index (χ1n) is 2.70. The van der Waals surface area contributed by atoms with Crippen LogP contribution in [0.2, 0.25) is 0 Å². The topological polar surface area (TPSA) is 35.8 Å². The fourth-order valence-corrected chi connectivity index (χ4v) is 0.657. The zero-order valence-electron chi connectivity index (χ0n) is 4.91. The van der Waals surface area contributed by atoms with Crippen LogP contribution in [0.4, 0.5) is 0 Å². The molecule has 0 aliphatic carbocycles. The van der Waals surface area contributed by atoms with E-state index < -0.39 is 0 Å². The predicted octanol–water partition coefficient (Wildman–Crippen LogP) is -0.331. The van der Waals surface area contributed by atoms with E-state index in [0.29, 0.717) is 0 Å². The normalized spacial score (nSPS) is 28.8. The molecule has 0 saturated carbocycles. The van der Waals surface area contributed by atoms with E-state index in [1.807, 2.05) is 7.05 Å². The van der Waals surface area contributed by atoms with E-state index >= 15 is 0 Å². The molecule has 0 saturated heterocycles. The monoisotopic (exact) mass is 114 g/mol. The Kier molecular flexibility index (Phi) is 1.48. The summed E-state index contributed by atoms with van der Waals surface area (Å²) in [6, 6.07) is 0. The Morgan fingerprint density at radius 3 is 3.00 bits per heavy atom. The molecule has 1 aliphatic heterocycles. The van der Waals surface area contributed by atoms with Crippen LogP contribution < -0.4 is 0 Å². The summed E-state index contributed by atoms with van der Waals surface area (Å²) in [5.41, 5.74) is 0. The summed E-state index contributed by atoms with van der Waals surface area (Å²) < 4.78 is 0. The Balaban J connectivity index is 2.47. The van der Waals surface area contributed by atoms with Gasteiger partial charge in [-0.2, -0.15) is 0 Å². The van der Waals surface area contributed by atoms with Crippen LogP contribution in [0.3, 0.4) is 0 Å². The first-order valence-corrected chi connectivity index (χ1v) is 2.70. The molecule has 1 unspecified atom stereocenters. The zero-order chi connectivity index (χ0) is 5.98. The molecule has 1 atom stereocenters. The summed E-state index contributed by atoms with van der Waals surface area (Å²) in [6.07, 6.45) is 2.11. The third-order valence-corrected chi connectivity index (χ3v) is 1.25. The maximum Gasteiger partial charge on any atom is 0.129 e. The second-order valence-corrected chi connectivity index (χ2v) is 1.96. The van der Waals surface area contributed by atoms with E-state index in [2.05, 4.69) is 4.99 Å². The van der Waals surface area contributed by atoms with E-state index in [-0.39, 0.29) is 6.23 Å². The van der Waals surface area contributed by atoms with Crippen molar-refractivity contribution in [3.8, 4) is 0 Å². The highest BCUT2D eigenvalue weighted by atomic mass is 16.3. The number of nitrogens with zero attached hydrogens (tertiary/aromatic N) is 2. The number of aliphatic hydroxyl groups excluding tert-OH is 1. The van der Waals surface area contributed by atoms with Crippen LogP contribution in [0.15, 0.2) is 4.99 Å². The van der Waals surface area contributed by atoms with E-state index in [4.69, 9.17) is 5.11 Å². The summed E-state index contributed by atoms with van der Waals surface area (Å²) in [5, 5.41) is 9.01. The summed E-state index contributed by atoms with van der Waals surface area (Å²) >= 11 is 0. The molecule has 1 rings (SSSR count). The van der Waals surface area contributed by atoms with Crippen LogP contribution in [-0.2, 0) is 0 Å². The fraction of sp³-hybridized carbons (Fsp3) is 0.800. The fourth-order valence-electron chi connectivity index (χ4n) is 0.657. The van der Waals surface area contributed by atoms with Crippen molar-refractivity contribution >= 4 is 6.34 Å². The third kappa shape index (κ3) is 0.980. The van der Waals surface area contributed by atoms with Crippen LogP contribution >= 0.6 is 0 Å². The summed E-state index contributed by atoms with van der Waals surface area (Å²) in [4.78, 5) is 5.65. The molecule has 3 nitrogen and oxygen atoms in total. The van der Waals surface area contributed by atoms with Crippen molar-refractivity contribution in [1.82, 2.24) is 4.90 Å². The van der Waals surface area contributed by atoms with Gasteiger partial charge in [0.05, 0.1) is 6.34 Å². The number of aliphatic hydroxyl groups is 1. The Bertz CT molecular complexity index is 103. The molecule has 0 aromatic carbocycles. The largest absolute Gasteiger partial charge is 0.374 e. The second-order valence-electron chi connectivity index (χ2n) is 1.96. The van der Waals surface area contributed by atoms with Crippen LogP contribution in [0.1, 0.15) is 6.42 Å². The first-order chi connectivity index (χ1) is 3.80. The van der Waals surface area contributed by atoms with Gasteiger partial charge in [0.2, 0.25) is 0 Å². The molecule has 1 aliphatic rings. The van der Waals surface area contributed by atoms with Gasteiger partial charge in [0.1, 0.15) is 6.23 Å². The van der Waals surface area contributed by atoms with E-state index in [0.717, 1.165) is 13.0 Å². The van der Waals surface area contributed by atoms with Gasteiger partial charge in [0.15, 0.2) is 0 Å². The molecule has 1 N–H and O–H groups in total. The molecule has 0 aromatic rings. The Morgan fingerprint density at radius 2 is 2.62 bits per heavy atom. The molecular weight excluding hydrogens is 104 g/mol. The molecule has 0 amide bonds. The van der Waals surface area contributed by atoms with E-state index in [9.17, 15) is 0 Å². The number of hydrogen-bond acceptors (Lipinski definition) is 3. The highest BCUT2D eigenvalue weighted by molar-refractivity contribution is 5.55. The average molecular weight is 114 g/mol. The molecule has 8 heavy (non-hydrogen) atoms. The third-order valence-electron chi connectivity index (χ3n) is 1.25. The second kappa shape index (κ2) is 2.13. The molecule has 1 heterocycles. The van der Waals surface area contributed by atoms with Crippen LogP contribution in [0, 0.1) is 0 Å². The lowest BCUT2D eigenvalue weighted by atomic mass is 10.3. The summed E-state index contributed by atoms with van der Waals surface area (Å²) in [6.45, 7) is 0.755. The van der Waals surface area contributed by atoms with Crippen LogP contribution in [0.5, 0.6) is 0 Å². The van der Waals surface area contributed by atoms with Crippen molar-refractivity contribution in [3.63, 3.8) is 0 Å². The van der Waals surface area contributed by atoms with Crippen molar-refractivity contribution in [3.05, 3.63) is 0 Å². The smallest absolute Gasteiger partial charge is 0.129 e. The summed E-state index contributed by atoms with van der Waals surface area (Å²) in [5.74, 6) is 0. The lowest BCUT2D eigenvalue weighted by molar-refractivity contribution is 0.0611. The van der Waals surface area contributed by atoms with Gasteiger partial charge in [0.25, 0.3) is 0 Å². The molecular formula is C5H10N2O. The molecule has 3 heteroatoms. The molecule has 46 valence electrons. The van der Waals surface area contributed by atoms with Crippen LogP contribution in [0.25, 0.3) is 0 Å². The standard InChI is InChI=1S/C5H10N2O/c1-7-4-6-3-2-5(7)8/h4-5,8H,2-3H2,1H3. The summed E-state index contributed by atoms with van der Waals surface area (Å²) in [7, 11) is 1.81. The lowest BCUT2D eigenvalue weighted by Crippen LogP contribution is -2.33. The minimum atomic E-state index is -0.313. The zero-order valence-corrected chi connectivity index (χ0v) is 4.91. The van der Waals surface area contributed by atoms with Crippen molar-refractivity contribution in [2.24, 2.45) is 4.99 Å².